The van der Waals surface area contributed by atoms with E-state index < -0.39 is 11.1 Å². The van der Waals surface area contributed by atoms with Gasteiger partial charge in [0.1, 0.15) is 0 Å². The monoisotopic (exact) mass is 372 g/mol. The Bertz CT molecular complexity index is 950. The van der Waals surface area contributed by atoms with Gasteiger partial charge in [-0.1, -0.05) is 36.4 Å². The molecule has 4 heteroatoms. The second-order valence-electron chi connectivity index (χ2n) is 8.57. The van der Waals surface area contributed by atoms with E-state index in [0.29, 0.717) is 0 Å². The zero-order valence-corrected chi connectivity index (χ0v) is 16.8. The van der Waals surface area contributed by atoms with Crippen LogP contribution in [0, 0.1) is 0 Å². The first-order chi connectivity index (χ1) is 13.1. The summed E-state index contributed by atoms with van der Waals surface area (Å²) >= 11 is 0. The van der Waals surface area contributed by atoms with E-state index in [9.17, 15) is 5.21 Å². The van der Waals surface area contributed by atoms with Crippen LogP contribution < -0.4 is 11.5 Å². The average molecular weight is 372 g/mol. The SMILES string of the molecule is CC1(C)c2c(-c3ccc(N)cc3)ccc(-c3ccc(N)cc3)c2C(C)(C)N1[O]. The molecule has 4 rings (SSSR count). The van der Waals surface area contributed by atoms with Crippen molar-refractivity contribution in [1.82, 2.24) is 5.06 Å². The number of benzene rings is 3. The Labute approximate surface area is 166 Å². The average Bonchev–Trinajstić information content (AvgIpc) is 2.81. The number of hydrogen-bond donors (Lipinski definition) is 2. The third-order valence-corrected chi connectivity index (χ3v) is 5.89. The van der Waals surface area contributed by atoms with Crippen molar-refractivity contribution >= 4 is 11.4 Å². The molecule has 4 nitrogen and oxygen atoms in total. The first-order valence-corrected chi connectivity index (χ1v) is 9.51. The van der Waals surface area contributed by atoms with Crippen LogP contribution in [0.3, 0.4) is 0 Å². The van der Waals surface area contributed by atoms with Crippen LogP contribution in [0.5, 0.6) is 0 Å². The first-order valence-electron chi connectivity index (χ1n) is 9.51. The highest BCUT2D eigenvalue weighted by Crippen LogP contribution is 2.54. The molecule has 0 fully saturated rings. The first kappa shape index (κ1) is 18.5. The molecular formula is C24H26N3O. The lowest BCUT2D eigenvalue weighted by atomic mass is 9.80. The summed E-state index contributed by atoms with van der Waals surface area (Å²) < 4.78 is 0. The molecule has 0 saturated carbocycles. The lowest BCUT2D eigenvalue weighted by Crippen LogP contribution is -2.41. The molecule has 0 saturated heterocycles. The number of nitrogen functional groups attached to an aromatic ring is 2. The van der Waals surface area contributed by atoms with Gasteiger partial charge in [0, 0.05) is 11.4 Å². The van der Waals surface area contributed by atoms with Gasteiger partial charge in [-0.15, -0.1) is 10.3 Å². The van der Waals surface area contributed by atoms with Gasteiger partial charge in [0.25, 0.3) is 0 Å². The van der Waals surface area contributed by atoms with E-state index in [1.807, 2.05) is 76.2 Å². The summed E-state index contributed by atoms with van der Waals surface area (Å²) in [5.41, 5.74) is 18.3. The Hall–Kier alpha value is -2.82. The number of anilines is 2. The Morgan fingerprint density at radius 2 is 0.929 bits per heavy atom. The predicted octanol–water partition coefficient (Wildman–Crippen LogP) is 5.32. The van der Waals surface area contributed by atoms with E-state index in [4.69, 9.17) is 11.5 Å². The number of hydroxylamine groups is 2. The quantitative estimate of drug-likeness (QED) is 0.598. The fraction of sp³-hybridized carbons (Fsp3) is 0.250. The largest absolute Gasteiger partial charge is 0.399 e. The minimum atomic E-state index is -0.653. The van der Waals surface area contributed by atoms with Crippen LogP contribution >= 0.6 is 0 Å². The van der Waals surface area contributed by atoms with Gasteiger partial charge in [-0.25, -0.2) is 0 Å². The summed E-state index contributed by atoms with van der Waals surface area (Å²) in [7, 11) is 0. The van der Waals surface area contributed by atoms with E-state index >= 15 is 0 Å². The normalized spacial score (nSPS) is 17.5. The topological polar surface area (TPSA) is 75.2 Å². The molecule has 0 atom stereocenters. The number of hydrogen-bond acceptors (Lipinski definition) is 3. The molecular weight excluding hydrogens is 346 g/mol. The molecule has 0 aliphatic carbocycles. The van der Waals surface area contributed by atoms with Gasteiger partial charge in [0.2, 0.25) is 0 Å². The molecule has 1 aliphatic rings. The van der Waals surface area contributed by atoms with E-state index in [2.05, 4.69) is 12.1 Å². The smallest absolute Gasteiger partial charge is 0.0705 e. The maximum atomic E-state index is 13.4. The minimum Gasteiger partial charge on any atom is -0.399 e. The summed E-state index contributed by atoms with van der Waals surface area (Å²) in [6, 6.07) is 19.9. The van der Waals surface area contributed by atoms with Crippen LogP contribution in [0.25, 0.3) is 22.3 Å². The molecule has 0 amide bonds. The van der Waals surface area contributed by atoms with E-state index in [1.165, 1.54) is 5.06 Å². The van der Waals surface area contributed by atoms with Gasteiger partial charge in [-0.3, -0.25) is 0 Å². The van der Waals surface area contributed by atoms with Gasteiger partial charge >= 0.3 is 0 Å². The molecule has 4 N–H and O–H groups in total. The van der Waals surface area contributed by atoms with Crippen molar-refractivity contribution in [2.45, 2.75) is 38.8 Å². The van der Waals surface area contributed by atoms with Crippen LogP contribution in [0.1, 0.15) is 38.8 Å². The highest BCUT2D eigenvalue weighted by atomic mass is 16.5. The van der Waals surface area contributed by atoms with E-state index in [-0.39, 0.29) is 0 Å². The Kier molecular flexibility index (Phi) is 4.03. The fourth-order valence-corrected chi connectivity index (χ4v) is 4.58. The van der Waals surface area contributed by atoms with Crippen LogP contribution in [0.15, 0.2) is 60.7 Å². The minimum absolute atomic E-state index is 0.653. The van der Waals surface area contributed by atoms with Gasteiger partial charge < -0.3 is 11.5 Å². The van der Waals surface area contributed by atoms with Crippen LogP contribution in [-0.4, -0.2) is 5.06 Å². The van der Waals surface area contributed by atoms with Crippen molar-refractivity contribution < 1.29 is 5.21 Å². The molecule has 143 valence electrons. The fourth-order valence-electron chi connectivity index (χ4n) is 4.58. The molecule has 0 aromatic heterocycles. The Balaban J connectivity index is 2.05. The summed E-state index contributed by atoms with van der Waals surface area (Å²) in [6.45, 7) is 8.00. The molecule has 3 aromatic rings. The number of nitrogens with two attached hydrogens (primary N) is 2. The van der Waals surface area contributed by atoms with Gasteiger partial charge in [-0.2, -0.15) is 0 Å². The maximum absolute atomic E-state index is 13.4. The highest BCUT2D eigenvalue weighted by Gasteiger charge is 2.52. The van der Waals surface area contributed by atoms with Gasteiger partial charge in [-0.05, 0) is 85.3 Å². The molecule has 0 unspecified atom stereocenters. The van der Waals surface area contributed by atoms with Crippen molar-refractivity contribution in [2.75, 3.05) is 11.5 Å². The van der Waals surface area contributed by atoms with Crippen molar-refractivity contribution in [3.05, 3.63) is 71.8 Å². The van der Waals surface area contributed by atoms with Crippen molar-refractivity contribution in [3.8, 4) is 22.3 Å². The van der Waals surface area contributed by atoms with Crippen LogP contribution in [0.4, 0.5) is 11.4 Å². The van der Waals surface area contributed by atoms with Crippen LogP contribution in [-0.2, 0) is 16.3 Å². The highest BCUT2D eigenvalue weighted by molar-refractivity contribution is 5.81. The number of nitrogens with zero attached hydrogens (tertiary/aromatic N) is 1. The van der Waals surface area contributed by atoms with Crippen LogP contribution in [0.2, 0.25) is 0 Å². The zero-order chi connectivity index (χ0) is 20.3. The standard InChI is InChI=1S/C24H26N3O/c1-23(2)21-19(15-5-9-17(25)10-6-15)13-14-20(16-7-11-18(26)12-8-16)22(21)24(3,4)27(23)28/h5-14H,25-26H2,1-4H3. The molecule has 0 spiro atoms. The summed E-state index contributed by atoms with van der Waals surface area (Å²) in [4.78, 5) is 0. The molecule has 3 aromatic carbocycles. The maximum Gasteiger partial charge on any atom is 0.0705 e. The third-order valence-electron chi connectivity index (χ3n) is 5.89. The Morgan fingerprint density at radius 1 is 0.607 bits per heavy atom. The second-order valence-corrected chi connectivity index (χ2v) is 8.57. The molecule has 1 aliphatic heterocycles. The number of rotatable bonds is 2. The third kappa shape index (κ3) is 2.60. The molecule has 28 heavy (non-hydrogen) atoms. The van der Waals surface area contributed by atoms with Gasteiger partial charge in [0.05, 0.1) is 11.1 Å². The lowest BCUT2D eigenvalue weighted by Gasteiger charge is -2.33. The van der Waals surface area contributed by atoms with E-state index in [1.54, 1.807) is 0 Å². The predicted molar refractivity (Wildman–Crippen MR) is 115 cm³/mol. The van der Waals surface area contributed by atoms with E-state index in [0.717, 1.165) is 44.8 Å². The summed E-state index contributed by atoms with van der Waals surface area (Å²) in [5, 5.41) is 14.6. The molecule has 1 heterocycles. The zero-order valence-electron chi connectivity index (χ0n) is 16.8. The lowest BCUT2D eigenvalue weighted by molar-refractivity contribution is -0.266. The molecule has 1 radical (unpaired) electrons. The van der Waals surface area contributed by atoms with Gasteiger partial charge in [0.15, 0.2) is 0 Å². The molecule has 0 bridgehead atoms. The second kappa shape index (κ2) is 6.09. The summed E-state index contributed by atoms with van der Waals surface area (Å²) in [5.74, 6) is 0. The van der Waals surface area contributed by atoms with Crippen molar-refractivity contribution in [1.29, 1.82) is 0 Å². The van der Waals surface area contributed by atoms with Crippen molar-refractivity contribution in [2.24, 2.45) is 0 Å². The Morgan fingerprint density at radius 3 is 1.25 bits per heavy atom. The number of fused-ring (bicyclic) bond motifs is 1. The summed E-state index contributed by atoms with van der Waals surface area (Å²) in [6.07, 6.45) is 0. The van der Waals surface area contributed by atoms with Crippen molar-refractivity contribution in [3.63, 3.8) is 0 Å².